The van der Waals surface area contributed by atoms with Gasteiger partial charge in [0.25, 0.3) is 0 Å². The van der Waals surface area contributed by atoms with E-state index >= 15 is 0 Å². The van der Waals surface area contributed by atoms with Crippen LogP contribution in [0.15, 0.2) is 59.5 Å². The van der Waals surface area contributed by atoms with E-state index < -0.39 is 10.1 Å². The first kappa shape index (κ1) is 15.2. The molecule has 0 amide bonds. The number of rotatable bonds is 6. The highest BCUT2D eigenvalue weighted by Crippen LogP contribution is 2.21. The van der Waals surface area contributed by atoms with Gasteiger partial charge in [0, 0.05) is 15.7 Å². The minimum Gasteiger partial charge on any atom is -0.382 e. The molecule has 0 saturated carbocycles. The monoisotopic (exact) mass is 328 g/mol. The van der Waals surface area contributed by atoms with Crippen molar-refractivity contribution in [3.63, 3.8) is 0 Å². The van der Waals surface area contributed by atoms with Crippen molar-refractivity contribution < 1.29 is 12.6 Å². The van der Waals surface area contributed by atoms with E-state index in [-0.39, 0.29) is 5.75 Å². The molecule has 0 spiro atoms. The second kappa shape index (κ2) is 7.02. The Morgan fingerprint density at radius 2 is 1.65 bits per heavy atom. The van der Waals surface area contributed by atoms with Crippen LogP contribution in [0.1, 0.15) is 0 Å². The molecule has 2 rings (SSSR count). The standard InChI is InChI=1S/C14H13ClO3S2/c15-12-6-8-14(9-7-12)19-10-11-20(16,17)18-13-4-2-1-3-5-13/h1-9H,10-11H2. The number of hydrogen-bond donors (Lipinski definition) is 0. The molecule has 0 aromatic heterocycles. The number of hydrogen-bond acceptors (Lipinski definition) is 4. The van der Waals surface area contributed by atoms with Gasteiger partial charge < -0.3 is 4.18 Å². The van der Waals surface area contributed by atoms with Gasteiger partial charge in [0.15, 0.2) is 0 Å². The first-order valence-electron chi connectivity index (χ1n) is 5.91. The van der Waals surface area contributed by atoms with Crippen molar-refractivity contribution in [3.05, 3.63) is 59.6 Å². The third-order valence-corrected chi connectivity index (χ3v) is 5.06. The SMILES string of the molecule is O=S(=O)(CCSc1ccc(Cl)cc1)Oc1ccccc1. The Bertz CT molecular complexity index is 640. The van der Waals surface area contributed by atoms with Crippen LogP contribution >= 0.6 is 23.4 Å². The van der Waals surface area contributed by atoms with Gasteiger partial charge in [-0.2, -0.15) is 8.42 Å². The highest BCUT2D eigenvalue weighted by molar-refractivity contribution is 8.00. The smallest absolute Gasteiger partial charge is 0.310 e. The molecule has 2 aromatic rings. The van der Waals surface area contributed by atoms with Crippen LogP contribution in [-0.2, 0) is 10.1 Å². The summed E-state index contributed by atoms with van der Waals surface area (Å²) in [6.07, 6.45) is 0. The number of para-hydroxylation sites is 1. The summed E-state index contributed by atoms with van der Waals surface area (Å²) in [6, 6.07) is 15.8. The number of benzene rings is 2. The van der Waals surface area contributed by atoms with Crippen LogP contribution < -0.4 is 4.18 Å². The highest BCUT2D eigenvalue weighted by atomic mass is 35.5. The van der Waals surface area contributed by atoms with Crippen molar-refractivity contribution in [1.29, 1.82) is 0 Å². The predicted octanol–water partition coefficient (Wildman–Crippen LogP) is 3.84. The zero-order valence-corrected chi connectivity index (χ0v) is 12.9. The Morgan fingerprint density at radius 3 is 2.30 bits per heavy atom. The average Bonchev–Trinajstić information content (AvgIpc) is 2.41. The van der Waals surface area contributed by atoms with Crippen LogP contribution in [0.5, 0.6) is 5.75 Å². The number of thioether (sulfide) groups is 1. The van der Waals surface area contributed by atoms with Gasteiger partial charge in [0.1, 0.15) is 5.75 Å². The molecule has 0 aliphatic carbocycles. The Balaban J connectivity index is 1.85. The molecule has 0 atom stereocenters. The first-order chi connectivity index (χ1) is 9.55. The summed E-state index contributed by atoms with van der Waals surface area (Å²) in [5.74, 6) is 0.718. The molecule has 0 saturated heterocycles. The molecule has 0 aliphatic rings. The maximum absolute atomic E-state index is 11.8. The Hall–Kier alpha value is -1.17. The Kier molecular flexibility index (Phi) is 5.34. The first-order valence-corrected chi connectivity index (χ1v) is 8.85. The summed E-state index contributed by atoms with van der Waals surface area (Å²) in [4.78, 5) is 0.976. The predicted molar refractivity (Wildman–Crippen MR) is 83.0 cm³/mol. The van der Waals surface area contributed by atoms with Crippen LogP contribution in [0, 0.1) is 0 Å². The summed E-state index contributed by atoms with van der Waals surface area (Å²) in [6.45, 7) is 0. The lowest BCUT2D eigenvalue weighted by molar-refractivity contribution is 0.488. The minimum atomic E-state index is -3.56. The molecule has 0 aliphatic heterocycles. The molecule has 0 radical (unpaired) electrons. The third kappa shape index (κ3) is 5.07. The summed E-state index contributed by atoms with van der Waals surface area (Å²) >= 11 is 7.23. The second-order valence-electron chi connectivity index (χ2n) is 3.96. The normalized spacial score (nSPS) is 11.2. The van der Waals surface area contributed by atoms with E-state index in [2.05, 4.69) is 0 Å². The van der Waals surface area contributed by atoms with Crippen LogP contribution in [0.3, 0.4) is 0 Å². The molecule has 0 unspecified atom stereocenters. The summed E-state index contributed by atoms with van der Waals surface area (Å²) < 4.78 is 28.6. The largest absolute Gasteiger partial charge is 0.382 e. The quantitative estimate of drug-likeness (QED) is 0.597. The Morgan fingerprint density at radius 1 is 1.00 bits per heavy atom. The summed E-state index contributed by atoms with van der Waals surface area (Å²) in [7, 11) is -3.56. The lowest BCUT2D eigenvalue weighted by Crippen LogP contribution is -2.15. The maximum Gasteiger partial charge on any atom is 0.310 e. The van der Waals surface area contributed by atoms with Crippen molar-refractivity contribution in [2.45, 2.75) is 4.90 Å². The van der Waals surface area contributed by atoms with E-state index in [0.29, 0.717) is 16.5 Å². The molecule has 0 heterocycles. The highest BCUT2D eigenvalue weighted by Gasteiger charge is 2.12. The Labute approximate surface area is 128 Å². The van der Waals surface area contributed by atoms with Gasteiger partial charge in [-0.3, -0.25) is 0 Å². The third-order valence-electron chi connectivity index (χ3n) is 2.38. The topological polar surface area (TPSA) is 43.4 Å². The maximum atomic E-state index is 11.8. The molecule has 0 bridgehead atoms. The molecular weight excluding hydrogens is 316 g/mol. The van der Waals surface area contributed by atoms with Crippen LogP contribution in [-0.4, -0.2) is 19.9 Å². The van der Waals surface area contributed by atoms with Crippen molar-refractivity contribution in [1.82, 2.24) is 0 Å². The fourth-order valence-electron chi connectivity index (χ4n) is 1.46. The number of halogens is 1. The van der Waals surface area contributed by atoms with Crippen LogP contribution in [0.25, 0.3) is 0 Å². The van der Waals surface area contributed by atoms with Crippen molar-refractivity contribution in [3.8, 4) is 5.75 Å². The van der Waals surface area contributed by atoms with Gasteiger partial charge in [-0.05, 0) is 36.4 Å². The van der Waals surface area contributed by atoms with Gasteiger partial charge in [-0.1, -0.05) is 29.8 Å². The molecule has 6 heteroatoms. The zero-order chi connectivity index (χ0) is 14.4. The van der Waals surface area contributed by atoms with Gasteiger partial charge in [-0.25, -0.2) is 0 Å². The molecule has 20 heavy (non-hydrogen) atoms. The molecular formula is C14H13ClO3S2. The van der Waals surface area contributed by atoms with Gasteiger partial charge in [0.2, 0.25) is 0 Å². The van der Waals surface area contributed by atoms with Gasteiger partial charge in [-0.15, -0.1) is 11.8 Å². The fourth-order valence-corrected chi connectivity index (χ4v) is 3.78. The summed E-state index contributed by atoms with van der Waals surface area (Å²) in [5, 5.41) is 0.661. The van der Waals surface area contributed by atoms with E-state index in [1.54, 1.807) is 42.5 Å². The minimum absolute atomic E-state index is 0.0464. The van der Waals surface area contributed by atoms with Crippen LogP contribution in [0.2, 0.25) is 5.02 Å². The second-order valence-corrected chi connectivity index (χ2v) is 7.26. The van der Waals surface area contributed by atoms with E-state index in [9.17, 15) is 8.42 Å². The van der Waals surface area contributed by atoms with Crippen molar-refractivity contribution in [2.24, 2.45) is 0 Å². The van der Waals surface area contributed by atoms with E-state index in [4.69, 9.17) is 15.8 Å². The molecule has 2 aromatic carbocycles. The molecule has 0 N–H and O–H groups in total. The zero-order valence-electron chi connectivity index (χ0n) is 10.5. The lowest BCUT2D eigenvalue weighted by Gasteiger charge is -2.06. The van der Waals surface area contributed by atoms with Crippen molar-refractivity contribution in [2.75, 3.05) is 11.5 Å². The van der Waals surface area contributed by atoms with E-state index in [1.165, 1.54) is 11.8 Å². The lowest BCUT2D eigenvalue weighted by atomic mass is 10.3. The van der Waals surface area contributed by atoms with E-state index in [0.717, 1.165) is 4.90 Å². The molecule has 3 nitrogen and oxygen atoms in total. The van der Waals surface area contributed by atoms with Crippen LogP contribution in [0.4, 0.5) is 0 Å². The van der Waals surface area contributed by atoms with Gasteiger partial charge >= 0.3 is 10.1 Å². The molecule has 0 fully saturated rings. The molecule has 106 valence electrons. The van der Waals surface area contributed by atoms with Crippen molar-refractivity contribution >= 4 is 33.5 Å². The fraction of sp³-hybridized carbons (Fsp3) is 0.143. The van der Waals surface area contributed by atoms with Gasteiger partial charge in [0.05, 0.1) is 5.75 Å². The van der Waals surface area contributed by atoms with E-state index in [1.807, 2.05) is 12.1 Å². The average molecular weight is 329 g/mol. The summed E-state index contributed by atoms with van der Waals surface area (Å²) in [5.41, 5.74) is 0.